The van der Waals surface area contributed by atoms with Gasteiger partial charge in [-0.1, -0.05) is 30.3 Å². The van der Waals surface area contributed by atoms with Crippen LogP contribution in [0.3, 0.4) is 0 Å². The molecule has 1 aliphatic heterocycles. The molecule has 1 aromatic carbocycles. The average molecular weight is 454 g/mol. The van der Waals surface area contributed by atoms with Crippen molar-refractivity contribution in [1.82, 2.24) is 30.0 Å². The fourth-order valence-corrected chi connectivity index (χ4v) is 4.54. The van der Waals surface area contributed by atoms with Gasteiger partial charge in [-0.25, -0.2) is 4.98 Å². The summed E-state index contributed by atoms with van der Waals surface area (Å²) < 4.78 is 0. The fourth-order valence-electron chi connectivity index (χ4n) is 4.54. The third kappa shape index (κ3) is 4.32. The van der Waals surface area contributed by atoms with E-state index >= 15 is 0 Å². The molecule has 0 saturated carbocycles. The van der Waals surface area contributed by atoms with Crippen LogP contribution in [0, 0.1) is 6.92 Å². The molecule has 0 radical (unpaired) electrons. The number of benzene rings is 1. The van der Waals surface area contributed by atoms with Gasteiger partial charge in [-0.3, -0.25) is 24.8 Å². The van der Waals surface area contributed by atoms with Gasteiger partial charge in [-0.2, -0.15) is 5.10 Å². The Kier molecular flexibility index (Phi) is 6.14. The minimum Gasteiger partial charge on any atom is -0.352 e. The number of aromatic amines is 1. The zero-order chi connectivity index (χ0) is 23.5. The Bertz CT molecular complexity index is 1260. The van der Waals surface area contributed by atoms with E-state index < -0.39 is 0 Å². The average Bonchev–Trinajstić information content (AvgIpc) is 3.30. The van der Waals surface area contributed by atoms with Crippen molar-refractivity contribution >= 4 is 11.6 Å². The van der Waals surface area contributed by atoms with Crippen LogP contribution in [0.15, 0.2) is 67.3 Å². The summed E-state index contributed by atoms with van der Waals surface area (Å²) >= 11 is 0. The number of pyridine rings is 1. The highest BCUT2D eigenvalue weighted by Gasteiger charge is 2.30. The second-order valence-electron chi connectivity index (χ2n) is 8.49. The lowest BCUT2D eigenvalue weighted by molar-refractivity contribution is 0.101. The molecule has 4 heterocycles. The molecule has 0 amide bonds. The number of piperazine rings is 1. The monoisotopic (exact) mass is 453 g/mol. The Morgan fingerprint density at radius 1 is 0.941 bits per heavy atom. The second kappa shape index (κ2) is 9.52. The first kappa shape index (κ1) is 21.9. The summed E-state index contributed by atoms with van der Waals surface area (Å²) in [5.41, 5.74) is 5.71. The fraction of sp³-hybridized carbons (Fsp3) is 0.269. The van der Waals surface area contributed by atoms with Crippen molar-refractivity contribution in [2.24, 2.45) is 0 Å². The van der Waals surface area contributed by atoms with Gasteiger partial charge in [-0.05, 0) is 26.0 Å². The van der Waals surface area contributed by atoms with Crippen LogP contribution < -0.4 is 4.90 Å². The number of hydrogen-bond acceptors (Lipinski definition) is 7. The van der Waals surface area contributed by atoms with E-state index in [0.29, 0.717) is 5.56 Å². The molecule has 8 nitrogen and oxygen atoms in total. The highest BCUT2D eigenvalue weighted by molar-refractivity contribution is 5.94. The Morgan fingerprint density at radius 2 is 1.71 bits per heavy atom. The molecular weight excluding hydrogens is 426 g/mol. The van der Waals surface area contributed by atoms with E-state index in [-0.39, 0.29) is 11.8 Å². The molecular formula is C26H27N7O. The van der Waals surface area contributed by atoms with Crippen molar-refractivity contribution in [2.75, 3.05) is 31.1 Å². The second-order valence-corrected chi connectivity index (χ2v) is 8.49. The van der Waals surface area contributed by atoms with Crippen molar-refractivity contribution < 1.29 is 4.79 Å². The molecule has 1 saturated heterocycles. The Balaban J connectivity index is 1.38. The van der Waals surface area contributed by atoms with Crippen molar-refractivity contribution in [2.45, 2.75) is 19.9 Å². The largest absolute Gasteiger partial charge is 0.352 e. The predicted octanol–water partition coefficient (Wildman–Crippen LogP) is 3.68. The van der Waals surface area contributed by atoms with E-state index in [2.05, 4.69) is 47.9 Å². The van der Waals surface area contributed by atoms with Crippen molar-refractivity contribution in [3.8, 4) is 11.3 Å². The SMILES string of the molecule is CC(=O)c1ccc(-c2nccnc2N2CCN(C(c3ccccn3)c3cn[nH]c3C)CC2)cc1. The molecule has 5 rings (SSSR count). The number of ketones is 1. The molecule has 1 atom stereocenters. The maximum absolute atomic E-state index is 11.7. The Hall–Kier alpha value is -3.91. The number of rotatable bonds is 6. The van der Waals surface area contributed by atoms with E-state index in [0.717, 1.165) is 60.2 Å². The van der Waals surface area contributed by atoms with E-state index in [1.54, 1.807) is 19.3 Å². The van der Waals surface area contributed by atoms with Gasteiger partial charge in [0, 0.05) is 67.2 Å². The summed E-state index contributed by atoms with van der Waals surface area (Å²) in [5, 5.41) is 7.33. The number of carbonyl (C=O) groups is 1. The Labute approximate surface area is 198 Å². The van der Waals surface area contributed by atoms with Crippen LogP contribution in [-0.4, -0.2) is 62.0 Å². The minimum absolute atomic E-state index is 0.0440. The smallest absolute Gasteiger partial charge is 0.159 e. The molecule has 3 aromatic heterocycles. The molecule has 1 fully saturated rings. The topological polar surface area (TPSA) is 90.9 Å². The maximum atomic E-state index is 11.7. The summed E-state index contributed by atoms with van der Waals surface area (Å²) in [7, 11) is 0. The quantitative estimate of drug-likeness (QED) is 0.445. The molecule has 34 heavy (non-hydrogen) atoms. The van der Waals surface area contributed by atoms with Gasteiger partial charge in [-0.15, -0.1) is 0 Å². The summed E-state index contributed by atoms with van der Waals surface area (Å²) in [5.74, 6) is 0.920. The number of anilines is 1. The lowest BCUT2D eigenvalue weighted by Gasteiger charge is -2.39. The molecule has 0 bridgehead atoms. The van der Waals surface area contributed by atoms with Crippen molar-refractivity contribution in [1.29, 1.82) is 0 Å². The number of nitrogens with zero attached hydrogens (tertiary/aromatic N) is 6. The number of aromatic nitrogens is 5. The zero-order valence-electron chi connectivity index (χ0n) is 19.3. The number of nitrogens with one attached hydrogen (secondary N) is 1. The van der Waals surface area contributed by atoms with Gasteiger partial charge < -0.3 is 4.90 Å². The van der Waals surface area contributed by atoms with E-state index in [1.165, 1.54) is 0 Å². The molecule has 0 spiro atoms. The number of Topliss-reactive ketones (excluding diaryl/α,β-unsaturated/α-hetero) is 1. The van der Waals surface area contributed by atoms with E-state index in [1.807, 2.05) is 48.8 Å². The van der Waals surface area contributed by atoms with Crippen LogP contribution in [0.5, 0.6) is 0 Å². The number of carbonyl (C=O) groups excluding carboxylic acids is 1. The third-order valence-electron chi connectivity index (χ3n) is 6.35. The highest BCUT2D eigenvalue weighted by atomic mass is 16.1. The first-order chi connectivity index (χ1) is 16.6. The van der Waals surface area contributed by atoms with Crippen LogP contribution in [0.1, 0.15) is 40.3 Å². The number of aryl methyl sites for hydroxylation is 1. The molecule has 4 aromatic rings. The third-order valence-corrected chi connectivity index (χ3v) is 6.35. The highest BCUT2D eigenvalue weighted by Crippen LogP contribution is 2.32. The first-order valence-electron chi connectivity index (χ1n) is 11.4. The predicted molar refractivity (Wildman–Crippen MR) is 131 cm³/mol. The van der Waals surface area contributed by atoms with E-state index in [9.17, 15) is 4.79 Å². The molecule has 0 aliphatic carbocycles. The van der Waals surface area contributed by atoms with Gasteiger partial charge in [0.25, 0.3) is 0 Å². The van der Waals surface area contributed by atoms with Crippen molar-refractivity contribution in [3.63, 3.8) is 0 Å². The normalized spacial score (nSPS) is 15.3. The maximum Gasteiger partial charge on any atom is 0.159 e. The summed E-state index contributed by atoms with van der Waals surface area (Å²) in [6, 6.07) is 13.7. The zero-order valence-corrected chi connectivity index (χ0v) is 19.3. The van der Waals surface area contributed by atoms with Gasteiger partial charge in [0.2, 0.25) is 0 Å². The molecule has 1 unspecified atom stereocenters. The van der Waals surface area contributed by atoms with Gasteiger partial charge in [0.15, 0.2) is 11.6 Å². The van der Waals surface area contributed by atoms with Crippen molar-refractivity contribution in [3.05, 3.63) is 89.8 Å². The molecule has 8 heteroatoms. The number of hydrogen-bond donors (Lipinski definition) is 1. The summed E-state index contributed by atoms with van der Waals surface area (Å²) in [6.07, 6.45) is 7.21. The lowest BCUT2D eigenvalue weighted by atomic mass is 10.0. The van der Waals surface area contributed by atoms with E-state index in [4.69, 9.17) is 0 Å². The molecule has 1 aliphatic rings. The van der Waals surface area contributed by atoms with Crippen LogP contribution in [0.25, 0.3) is 11.3 Å². The Morgan fingerprint density at radius 3 is 2.35 bits per heavy atom. The molecule has 172 valence electrons. The minimum atomic E-state index is 0.0440. The van der Waals surface area contributed by atoms with Crippen LogP contribution in [0.4, 0.5) is 5.82 Å². The lowest BCUT2D eigenvalue weighted by Crippen LogP contribution is -2.48. The molecule has 1 N–H and O–H groups in total. The summed E-state index contributed by atoms with van der Waals surface area (Å²) in [4.78, 5) is 30.4. The number of H-pyrrole nitrogens is 1. The van der Waals surface area contributed by atoms with Crippen LogP contribution in [0.2, 0.25) is 0 Å². The van der Waals surface area contributed by atoms with Crippen LogP contribution >= 0.6 is 0 Å². The van der Waals surface area contributed by atoms with Gasteiger partial charge in [0.1, 0.15) is 5.69 Å². The summed E-state index contributed by atoms with van der Waals surface area (Å²) in [6.45, 7) is 6.97. The first-order valence-corrected chi connectivity index (χ1v) is 11.4. The standard InChI is InChI=1S/C26H27N7O/c1-18-22(17-30-31-18)25(23-5-3-4-10-27-23)32-13-15-33(16-14-32)26-24(28-11-12-29-26)21-8-6-20(7-9-21)19(2)34/h3-12,17,25H,13-16H2,1-2H3,(H,30,31). The van der Waals surface area contributed by atoms with Gasteiger partial charge in [0.05, 0.1) is 17.9 Å². The van der Waals surface area contributed by atoms with Gasteiger partial charge >= 0.3 is 0 Å². The van der Waals surface area contributed by atoms with Crippen LogP contribution in [-0.2, 0) is 0 Å².